The van der Waals surface area contributed by atoms with Gasteiger partial charge in [0.05, 0.1) is 6.26 Å². The summed E-state index contributed by atoms with van der Waals surface area (Å²) in [6.45, 7) is 2.01. The molecule has 0 atom stereocenters. The molecular formula is C12H9BrO2. The molecule has 1 aromatic heterocycles. The van der Waals surface area contributed by atoms with Crippen molar-refractivity contribution in [2.75, 3.05) is 0 Å². The van der Waals surface area contributed by atoms with E-state index in [0.29, 0.717) is 5.76 Å². The first-order chi connectivity index (χ1) is 7.22. The van der Waals surface area contributed by atoms with Crippen LogP contribution in [0.4, 0.5) is 0 Å². The summed E-state index contributed by atoms with van der Waals surface area (Å²) >= 11 is 3.44. The molecule has 0 aliphatic carbocycles. The van der Waals surface area contributed by atoms with E-state index in [4.69, 9.17) is 4.42 Å². The van der Waals surface area contributed by atoms with E-state index in [1.54, 1.807) is 6.07 Å². The molecule has 1 heterocycles. The molecule has 76 valence electrons. The highest BCUT2D eigenvalue weighted by Gasteiger charge is 2.08. The average molecular weight is 265 g/mol. The van der Waals surface area contributed by atoms with Gasteiger partial charge in [0.1, 0.15) is 0 Å². The van der Waals surface area contributed by atoms with Crippen LogP contribution in [0.15, 0.2) is 39.4 Å². The molecular weight excluding hydrogens is 256 g/mol. The predicted octanol–water partition coefficient (Wildman–Crippen LogP) is 3.83. The van der Waals surface area contributed by atoms with Crippen molar-refractivity contribution >= 4 is 22.2 Å². The third-order valence-corrected chi connectivity index (χ3v) is 3.16. The molecule has 0 saturated carbocycles. The Labute approximate surface area is 96.0 Å². The van der Waals surface area contributed by atoms with E-state index in [1.165, 1.54) is 6.26 Å². The van der Waals surface area contributed by atoms with Crippen molar-refractivity contribution in [3.63, 3.8) is 0 Å². The standard InChI is InChI=1S/C12H9BrO2/c1-8-6-9(2-3-11(8)13)10-4-5-15-12(10)7-14/h2-7H,1H3. The SMILES string of the molecule is Cc1cc(-c2ccoc2C=O)ccc1Br. The van der Waals surface area contributed by atoms with Gasteiger partial charge in [-0.05, 0) is 30.2 Å². The lowest BCUT2D eigenvalue weighted by molar-refractivity contribution is 0.110. The molecule has 0 aliphatic heterocycles. The quantitative estimate of drug-likeness (QED) is 0.772. The molecule has 3 heteroatoms. The van der Waals surface area contributed by atoms with Crippen LogP contribution in [-0.2, 0) is 0 Å². The molecule has 0 fully saturated rings. The van der Waals surface area contributed by atoms with Gasteiger partial charge in [-0.1, -0.05) is 28.1 Å². The number of carbonyl (C=O) groups excluding carboxylic acids is 1. The van der Waals surface area contributed by atoms with Crippen molar-refractivity contribution in [3.8, 4) is 11.1 Å². The van der Waals surface area contributed by atoms with Gasteiger partial charge in [-0.15, -0.1) is 0 Å². The smallest absolute Gasteiger partial charge is 0.185 e. The third kappa shape index (κ3) is 1.88. The zero-order valence-electron chi connectivity index (χ0n) is 8.16. The molecule has 0 bridgehead atoms. The summed E-state index contributed by atoms with van der Waals surface area (Å²) < 4.78 is 6.12. The van der Waals surface area contributed by atoms with Crippen molar-refractivity contribution in [1.29, 1.82) is 0 Å². The van der Waals surface area contributed by atoms with Gasteiger partial charge in [0.2, 0.25) is 0 Å². The highest BCUT2D eigenvalue weighted by atomic mass is 79.9. The van der Waals surface area contributed by atoms with E-state index in [1.807, 2.05) is 25.1 Å². The number of benzene rings is 1. The first-order valence-corrected chi connectivity index (χ1v) is 5.31. The molecule has 1 aromatic carbocycles. The summed E-state index contributed by atoms with van der Waals surface area (Å²) in [4.78, 5) is 10.7. The average Bonchev–Trinajstić information content (AvgIpc) is 2.70. The zero-order valence-corrected chi connectivity index (χ0v) is 9.74. The van der Waals surface area contributed by atoms with Gasteiger partial charge < -0.3 is 4.42 Å². The Balaban J connectivity index is 2.54. The van der Waals surface area contributed by atoms with Crippen LogP contribution in [-0.4, -0.2) is 6.29 Å². The second-order valence-corrected chi connectivity index (χ2v) is 4.13. The van der Waals surface area contributed by atoms with Crippen LogP contribution in [0.2, 0.25) is 0 Å². The third-order valence-electron chi connectivity index (χ3n) is 2.27. The Morgan fingerprint density at radius 1 is 1.33 bits per heavy atom. The zero-order chi connectivity index (χ0) is 10.8. The van der Waals surface area contributed by atoms with Crippen molar-refractivity contribution in [1.82, 2.24) is 0 Å². The van der Waals surface area contributed by atoms with Gasteiger partial charge >= 0.3 is 0 Å². The molecule has 0 spiro atoms. The summed E-state index contributed by atoms with van der Waals surface area (Å²) in [7, 11) is 0. The topological polar surface area (TPSA) is 30.2 Å². The number of furan rings is 1. The Morgan fingerprint density at radius 3 is 2.80 bits per heavy atom. The molecule has 0 radical (unpaired) electrons. The van der Waals surface area contributed by atoms with Gasteiger partial charge in [-0.25, -0.2) is 0 Å². The first-order valence-electron chi connectivity index (χ1n) is 4.51. The van der Waals surface area contributed by atoms with Crippen LogP contribution in [0.5, 0.6) is 0 Å². The fourth-order valence-electron chi connectivity index (χ4n) is 1.46. The maximum Gasteiger partial charge on any atom is 0.185 e. The van der Waals surface area contributed by atoms with E-state index in [9.17, 15) is 4.79 Å². The van der Waals surface area contributed by atoms with Gasteiger partial charge in [0.25, 0.3) is 0 Å². The fraction of sp³-hybridized carbons (Fsp3) is 0.0833. The van der Waals surface area contributed by atoms with Gasteiger partial charge in [0, 0.05) is 10.0 Å². The van der Waals surface area contributed by atoms with Crippen LogP contribution in [0.3, 0.4) is 0 Å². The molecule has 0 unspecified atom stereocenters. The Hall–Kier alpha value is -1.35. The molecule has 0 amide bonds. The predicted molar refractivity (Wildman–Crippen MR) is 62.0 cm³/mol. The number of carbonyl (C=O) groups is 1. The van der Waals surface area contributed by atoms with Crippen molar-refractivity contribution < 1.29 is 9.21 Å². The van der Waals surface area contributed by atoms with Crippen LogP contribution in [0, 0.1) is 6.92 Å². The van der Waals surface area contributed by atoms with E-state index in [2.05, 4.69) is 15.9 Å². The number of rotatable bonds is 2. The Morgan fingerprint density at radius 2 is 2.13 bits per heavy atom. The number of hydrogen-bond donors (Lipinski definition) is 0. The number of hydrogen-bond acceptors (Lipinski definition) is 2. The monoisotopic (exact) mass is 264 g/mol. The highest BCUT2D eigenvalue weighted by molar-refractivity contribution is 9.10. The lowest BCUT2D eigenvalue weighted by Gasteiger charge is -2.02. The van der Waals surface area contributed by atoms with E-state index < -0.39 is 0 Å². The van der Waals surface area contributed by atoms with Crippen LogP contribution in [0.1, 0.15) is 16.1 Å². The van der Waals surface area contributed by atoms with Crippen LogP contribution in [0.25, 0.3) is 11.1 Å². The van der Waals surface area contributed by atoms with E-state index in [0.717, 1.165) is 27.4 Å². The molecule has 2 aromatic rings. The molecule has 2 nitrogen and oxygen atoms in total. The van der Waals surface area contributed by atoms with Gasteiger partial charge in [0.15, 0.2) is 12.0 Å². The maximum absolute atomic E-state index is 10.7. The van der Waals surface area contributed by atoms with Gasteiger partial charge in [-0.2, -0.15) is 0 Å². The normalized spacial score (nSPS) is 10.3. The van der Waals surface area contributed by atoms with Crippen LogP contribution >= 0.6 is 15.9 Å². The minimum Gasteiger partial charge on any atom is -0.461 e. The molecule has 0 aliphatic rings. The molecule has 2 rings (SSSR count). The molecule has 0 N–H and O–H groups in total. The molecule has 15 heavy (non-hydrogen) atoms. The maximum atomic E-state index is 10.7. The Kier molecular flexibility index (Phi) is 2.73. The highest BCUT2D eigenvalue weighted by Crippen LogP contribution is 2.27. The largest absolute Gasteiger partial charge is 0.461 e. The van der Waals surface area contributed by atoms with E-state index in [-0.39, 0.29) is 0 Å². The van der Waals surface area contributed by atoms with E-state index >= 15 is 0 Å². The second kappa shape index (κ2) is 4.03. The Bertz CT molecular complexity index is 500. The van der Waals surface area contributed by atoms with Crippen molar-refractivity contribution in [3.05, 3.63) is 46.3 Å². The number of aldehydes is 1. The van der Waals surface area contributed by atoms with Gasteiger partial charge in [-0.3, -0.25) is 4.79 Å². The molecule has 0 saturated heterocycles. The summed E-state index contributed by atoms with van der Waals surface area (Å²) in [5.74, 6) is 0.372. The minimum absolute atomic E-state index is 0.372. The lowest BCUT2D eigenvalue weighted by Crippen LogP contribution is -1.83. The number of halogens is 1. The second-order valence-electron chi connectivity index (χ2n) is 3.28. The van der Waals surface area contributed by atoms with Crippen LogP contribution < -0.4 is 0 Å². The van der Waals surface area contributed by atoms with Crippen molar-refractivity contribution in [2.45, 2.75) is 6.92 Å². The summed E-state index contributed by atoms with van der Waals surface area (Å²) in [5, 5.41) is 0. The van der Waals surface area contributed by atoms with Crippen molar-refractivity contribution in [2.24, 2.45) is 0 Å². The fourth-order valence-corrected chi connectivity index (χ4v) is 1.71. The lowest BCUT2D eigenvalue weighted by atomic mass is 10.0. The summed E-state index contributed by atoms with van der Waals surface area (Å²) in [6.07, 6.45) is 2.25. The first kappa shape index (κ1) is 10.2. The number of aryl methyl sites for hydroxylation is 1. The summed E-state index contributed by atoms with van der Waals surface area (Å²) in [5.41, 5.74) is 2.96. The minimum atomic E-state index is 0.372. The summed E-state index contributed by atoms with van der Waals surface area (Å²) in [6, 6.07) is 7.73.